The van der Waals surface area contributed by atoms with Gasteiger partial charge in [0.2, 0.25) is 0 Å². The number of hydrogen-bond donors (Lipinski definition) is 2. The van der Waals surface area contributed by atoms with E-state index in [0.29, 0.717) is 30.1 Å². The number of nitrogens with one attached hydrogen (secondary N) is 1. The molecule has 2 aromatic rings. The van der Waals surface area contributed by atoms with E-state index in [-0.39, 0.29) is 49.3 Å². The van der Waals surface area contributed by atoms with Gasteiger partial charge in [0.25, 0.3) is 5.91 Å². The lowest BCUT2D eigenvalue weighted by Gasteiger charge is -2.31. The molecule has 2 heterocycles. The third-order valence-corrected chi connectivity index (χ3v) is 7.31. The summed E-state index contributed by atoms with van der Waals surface area (Å²) in [5.41, 5.74) is 2.77. The van der Waals surface area contributed by atoms with Gasteiger partial charge in [-0.3, -0.25) is 4.79 Å². The Morgan fingerprint density at radius 1 is 1.20 bits per heavy atom. The maximum atomic E-state index is 13.6. The van der Waals surface area contributed by atoms with Crippen molar-refractivity contribution in [3.05, 3.63) is 59.7 Å². The molecular weight excluding hydrogens is 525 g/mol. The summed E-state index contributed by atoms with van der Waals surface area (Å²) in [6, 6.07) is 9.62. The van der Waals surface area contributed by atoms with Gasteiger partial charge in [0.05, 0.1) is 31.0 Å². The molecule has 2 amide bonds. The van der Waals surface area contributed by atoms with Gasteiger partial charge in [-0.15, -0.1) is 0 Å². The minimum atomic E-state index is -1.37. The molecule has 41 heavy (non-hydrogen) atoms. The number of fused-ring (bicyclic) bond motifs is 2. The lowest BCUT2D eigenvalue weighted by molar-refractivity contribution is -0.114. The third-order valence-electron chi connectivity index (χ3n) is 7.31. The Morgan fingerprint density at radius 2 is 1.93 bits per heavy atom. The molecular formula is C30H38BN3O7. The van der Waals surface area contributed by atoms with Gasteiger partial charge in [-0.05, 0) is 36.6 Å². The summed E-state index contributed by atoms with van der Waals surface area (Å²) in [5, 5.41) is 14.6. The Hall–Kier alpha value is -3.99. The van der Waals surface area contributed by atoms with Crippen LogP contribution in [0.5, 0.6) is 11.5 Å². The minimum absolute atomic E-state index is 0.0506. The van der Waals surface area contributed by atoms with E-state index in [1.807, 2.05) is 20.8 Å². The van der Waals surface area contributed by atoms with Gasteiger partial charge in [-0.25, -0.2) is 9.69 Å². The normalized spacial score (nSPS) is 18.0. The molecule has 1 saturated heterocycles. The van der Waals surface area contributed by atoms with Crippen LogP contribution in [0.2, 0.25) is 0 Å². The second-order valence-electron chi connectivity index (χ2n) is 10.7. The fourth-order valence-corrected chi connectivity index (χ4v) is 4.84. The molecule has 0 radical (unpaired) electrons. The predicted molar refractivity (Wildman–Crippen MR) is 158 cm³/mol. The number of hydrogen-bond acceptors (Lipinski definition) is 8. The Bertz CT molecular complexity index is 1300. The quantitative estimate of drug-likeness (QED) is 0.239. The van der Waals surface area contributed by atoms with Crippen molar-refractivity contribution in [3.63, 3.8) is 0 Å². The highest BCUT2D eigenvalue weighted by atomic mass is 16.6. The number of anilines is 2. The van der Waals surface area contributed by atoms with Crippen molar-refractivity contribution in [3.8, 4) is 11.5 Å². The number of unbranched alkanes of at least 4 members (excludes halogenated alkanes) is 1. The molecule has 0 unspecified atom stereocenters. The number of nitrogens with zero attached hydrogens (tertiary/aromatic N) is 2. The van der Waals surface area contributed by atoms with Crippen LogP contribution in [0, 0.1) is 5.92 Å². The first-order chi connectivity index (χ1) is 19.6. The maximum absolute atomic E-state index is 13.6. The van der Waals surface area contributed by atoms with Crippen LogP contribution in [0.15, 0.2) is 48.6 Å². The van der Waals surface area contributed by atoms with Crippen LogP contribution in [-0.2, 0) is 16.1 Å². The Labute approximate surface area is 241 Å². The van der Waals surface area contributed by atoms with Crippen LogP contribution >= 0.6 is 0 Å². The molecule has 2 N–H and O–H groups in total. The molecule has 10 nitrogen and oxygen atoms in total. The second kappa shape index (κ2) is 13.1. The third kappa shape index (κ3) is 6.67. The van der Waals surface area contributed by atoms with Crippen LogP contribution in [0.4, 0.5) is 16.2 Å². The molecule has 0 saturated carbocycles. The highest BCUT2D eigenvalue weighted by molar-refractivity contribution is 6.76. The number of ether oxygens (including phenoxy) is 3. The summed E-state index contributed by atoms with van der Waals surface area (Å²) in [6.45, 7) is 10.4. The number of aliphatic hydroxyl groups is 1. The highest BCUT2D eigenvalue weighted by Gasteiger charge is 2.46. The molecule has 4 rings (SSSR count). The van der Waals surface area contributed by atoms with E-state index in [4.69, 9.17) is 14.2 Å². The van der Waals surface area contributed by atoms with Crippen LogP contribution < -0.4 is 19.6 Å². The summed E-state index contributed by atoms with van der Waals surface area (Å²) in [7, 11) is 1.72. The van der Waals surface area contributed by atoms with E-state index in [9.17, 15) is 19.5 Å². The monoisotopic (exact) mass is 563 g/mol. The van der Waals surface area contributed by atoms with Gasteiger partial charge >= 0.3 is 13.5 Å². The summed E-state index contributed by atoms with van der Waals surface area (Å²) < 4.78 is 17.1. The summed E-state index contributed by atoms with van der Waals surface area (Å²) in [6.07, 6.45) is -0.0749. The summed E-state index contributed by atoms with van der Waals surface area (Å²) in [4.78, 5) is 41.8. The molecule has 0 aliphatic carbocycles. The van der Waals surface area contributed by atoms with Crippen LogP contribution in [-0.4, -0.2) is 67.6 Å². The van der Waals surface area contributed by atoms with E-state index in [1.165, 1.54) is 12.0 Å². The van der Waals surface area contributed by atoms with Crippen molar-refractivity contribution in [2.75, 3.05) is 30.4 Å². The largest absolute Gasteiger partial charge is 0.493 e. The van der Waals surface area contributed by atoms with E-state index in [2.05, 4.69) is 11.8 Å². The zero-order valence-corrected chi connectivity index (χ0v) is 24.1. The molecule has 0 aromatic heterocycles. The van der Waals surface area contributed by atoms with E-state index in [0.717, 1.165) is 29.0 Å². The Balaban J connectivity index is 1.58. The lowest BCUT2D eigenvalue weighted by Crippen LogP contribution is -2.50. The number of amides is 2. The van der Waals surface area contributed by atoms with Gasteiger partial charge in [-0.2, -0.15) is 0 Å². The fourth-order valence-electron chi connectivity index (χ4n) is 4.84. The average molecular weight is 563 g/mol. The molecule has 0 bridgehead atoms. The van der Waals surface area contributed by atoms with Crippen LogP contribution in [0.1, 0.15) is 56.0 Å². The minimum Gasteiger partial charge on any atom is -0.493 e. The SMILES string of the molecule is C=C1C[C@H]2[C@H](O)N(C(=O)OCc3ccc(NBC(=O)C(C)C)cc3)c3cc(OCCCC)c(OC)cc3C(=O)N2C1. The zero-order chi connectivity index (χ0) is 29.7. The Kier molecular flexibility index (Phi) is 9.59. The highest BCUT2D eigenvalue weighted by Crippen LogP contribution is 2.42. The van der Waals surface area contributed by atoms with E-state index >= 15 is 0 Å². The number of rotatable bonds is 11. The first kappa shape index (κ1) is 30.0. The predicted octanol–water partition coefficient (Wildman–Crippen LogP) is 4.07. The van der Waals surface area contributed by atoms with Gasteiger partial charge in [0, 0.05) is 24.2 Å². The summed E-state index contributed by atoms with van der Waals surface area (Å²) >= 11 is 0. The first-order valence-corrected chi connectivity index (χ1v) is 14.0. The molecule has 2 aliphatic heterocycles. The molecule has 11 heteroatoms. The van der Waals surface area contributed by atoms with Gasteiger partial charge in [-0.1, -0.05) is 51.5 Å². The lowest BCUT2D eigenvalue weighted by atomic mass is 9.80. The van der Waals surface area contributed by atoms with Gasteiger partial charge in [0.15, 0.2) is 17.7 Å². The standard InChI is InChI=1S/C30H38BN3O7/c1-6-7-12-40-26-15-23-22(14-25(26)39-5)28(36)33-16-19(4)13-24(33)29(37)34(23)30(38)41-17-20-8-10-21(11-9-20)32-31-27(35)18(2)3/h8-11,14-15,18,24,29,31-32,37H,4,6-7,12-13,16-17H2,1-3,5H3/t24-,29-/m0/s1. The number of carbonyl (C=O) groups is 3. The van der Waals surface area contributed by atoms with Crippen LogP contribution in [0.3, 0.4) is 0 Å². The van der Waals surface area contributed by atoms with E-state index in [1.54, 1.807) is 36.4 Å². The molecule has 218 valence electrons. The molecule has 1 fully saturated rings. The van der Waals surface area contributed by atoms with Crippen molar-refractivity contribution in [2.24, 2.45) is 5.92 Å². The smallest absolute Gasteiger partial charge is 0.416 e. The first-order valence-electron chi connectivity index (χ1n) is 14.0. The second-order valence-corrected chi connectivity index (χ2v) is 10.7. The number of aliphatic hydroxyl groups excluding tert-OH is 1. The van der Waals surface area contributed by atoms with Crippen molar-refractivity contribution in [2.45, 2.75) is 58.9 Å². The number of carbonyl (C=O) groups excluding carboxylic acids is 3. The maximum Gasteiger partial charge on any atom is 0.416 e. The van der Waals surface area contributed by atoms with E-state index < -0.39 is 18.4 Å². The average Bonchev–Trinajstić information content (AvgIpc) is 3.33. The topological polar surface area (TPSA) is 118 Å². The van der Waals surface area contributed by atoms with Crippen LogP contribution in [0.25, 0.3) is 0 Å². The number of benzene rings is 2. The summed E-state index contributed by atoms with van der Waals surface area (Å²) in [5.74, 6) is 0.333. The molecule has 0 spiro atoms. The fraction of sp³-hybridized carbons (Fsp3) is 0.433. The van der Waals surface area contributed by atoms with Gasteiger partial charge in [0.1, 0.15) is 12.3 Å². The van der Waals surface area contributed by atoms with Gasteiger partial charge < -0.3 is 34.2 Å². The zero-order valence-electron chi connectivity index (χ0n) is 24.1. The van der Waals surface area contributed by atoms with Crippen molar-refractivity contribution in [1.29, 1.82) is 0 Å². The molecule has 2 aromatic carbocycles. The van der Waals surface area contributed by atoms with Crippen molar-refractivity contribution in [1.82, 2.24) is 4.90 Å². The van der Waals surface area contributed by atoms with Crippen molar-refractivity contribution < 1.29 is 33.7 Å². The van der Waals surface area contributed by atoms with Crippen molar-refractivity contribution >= 4 is 36.5 Å². The molecule has 2 atom stereocenters. The molecule has 2 aliphatic rings. The Morgan fingerprint density at radius 3 is 2.59 bits per heavy atom. The number of methoxy groups -OCH3 is 1.